The number of aliphatic hydroxyl groups excluding tert-OH is 1. The first-order valence-electron chi connectivity index (χ1n) is 8.19. The Morgan fingerprint density at radius 2 is 2.08 bits per heavy atom. The fraction of sp³-hybridized carbons (Fsp3) is 0.333. The summed E-state index contributed by atoms with van der Waals surface area (Å²) in [4.78, 5) is 8.94. The average Bonchev–Trinajstić information content (AvgIpc) is 2.97. The minimum absolute atomic E-state index is 0.0185. The van der Waals surface area contributed by atoms with E-state index in [4.69, 9.17) is 14.8 Å². The lowest BCUT2D eigenvalue weighted by molar-refractivity contribution is 0.196. The van der Waals surface area contributed by atoms with Gasteiger partial charge in [0.1, 0.15) is 12.4 Å². The van der Waals surface area contributed by atoms with Crippen molar-refractivity contribution < 1.29 is 9.84 Å². The number of ether oxygens (including phenoxy) is 1. The summed E-state index contributed by atoms with van der Waals surface area (Å²) in [6.45, 7) is 3.98. The van der Waals surface area contributed by atoms with Crippen molar-refractivity contribution in [2.75, 3.05) is 18.5 Å². The van der Waals surface area contributed by atoms with Crippen molar-refractivity contribution in [3.63, 3.8) is 0 Å². The fourth-order valence-electron chi connectivity index (χ4n) is 2.64. The highest BCUT2D eigenvalue weighted by Crippen LogP contribution is 2.18. The van der Waals surface area contributed by atoms with Gasteiger partial charge < -0.3 is 19.7 Å². The van der Waals surface area contributed by atoms with Gasteiger partial charge in [-0.25, -0.2) is 9.97 Å². The number of anilines is 1. The number of hydrogen-bond acceptors (Lipinski definition) is 5. The smallest absolute Gasteiger partial charge is 0.213 e. The summed E-state index contributed by atoms with van der Waals surface area (Å²) in [6.07, 6.45) is 2.78. The molecular formula is C18H22N4O2. The third kappa shape index (κ3) is 3.65. The monoisotopic (exact) mass is 326 g/mol. The summed E-state index contributed by atoms with van der Waals surface area (Å²) in [7, 11) is 0. The molecule has 0 aliphatic rings. The van der Waals surface area contributed by atoms with E-state index in [0.29, 0.717) is 12.4 Å². The number of aliphatic hydroxyl groups is 1. The number of aromatic nitrogens is 3. The maximum atomic E-state index is 8.75. The predicted octanol–water partition coefficient (Wildman–Crippen LogP) is 2.82. The second kappa shape index (κ2) is 7.79. The minimum atomic E-state index is -0.0185. The highest BCUT2D eigenvalue weighted by molar-refractivity contribution is 5.76. The Hall–Kier alpha value is -2.60. The molecule has 0 bridgehead atoms. The summed E-state index contributed by atoms with van der Waals surface area (Å²) >= 11 is 0. The minimum Gasteiger partial charge on any atom is -0.475 e. The van der Waals surface area contributed by atoms with Crippen molar-refractivity contribution in [1.82, 2.24) is 14.5 Å². The molecule has 1 aromatic carbocycles. The lowest BCUT2D eigenvalue weighted by atomic mass is 10.3. The third-order valence-electron chi connectivity index (χ3n) is 3.71. The van der Waals surface area contributed by atoms with Crippen LogP contribution in [0.5, 0.6) is 5.88 Å². The van der Waals surface area contributed by atoms with Crippen LogP contribution < -0.4 is 10.1 Å². The Morgan fingerprint density at radius 1 is 1.21 bits per heavy atom. The van der Waals surface area contributed by atoms with Crippen LogP contribution in [-0.4, -0.2) is 32.9 Å². The molecule has 2 aromatic heterocycles. The Bertz CT molecular complexity index is 783. The maximum absolute atomic E-state index is 8.75. The molecular weight excluding hydrogens is 304 g/mol. The molecule has 6 nitrogen and oxygen atoms in total. The number of nitrogens with one attached hydrogen (secondary N) is 1. The molecule has 6 heteroatoms. The highest BCUT2D eigenvalue weighted by atomic mass is 16.5. The first-order valence-corrected chi connectivity index (χ1v) is 8.19. The van der Waals surface area contributed by atoms with Gasteiger partial charge in [0.2, 0.25) is 5.88 Å². The van der Waals surface area contributed by atoms with Crippen LogP contribution in [0.4, 0.5) is 5.69 Å². The van der Waals surface area contributed by atoms with Gasteiger partial charge in [0.25, 0.3) is 0 Å². The third-order valence-corrected chi connectivity index (χ3v) is 3.71. The zero-order chi connectivity index (χ0) is 16.8. The van der Waals surface area contributed by atoms with E-state index in [1.807, 2.05) is 24.3 Å². The molecule has 126 valence electrons. The van der Waals surface area contributed by atoms with Gasteiger partial charge in [-0.1, -0.05) is 19.1 Å². The molecule has 0 saturated heterocycles. The Kier molecular flexibility index (Phi) is 5.28. The first-order chi connectivity index (χ1) is 11.8. The summed E-state index contributed by atoms with van der Waals surface area (Å²) < 4.78 is 7.52. The molecule has 0 aliphatic heterocycles. The summed E-state index contributed by atoms with van der Waals surface area (Å²) in [5, 5.41) is 12.1. The van der Waals surface area contributed by atoms with Gasteiger partial charge in [-0.3, -0.25) is 0 Å². The molecule has 0 amide bonds. The Balaban J connectivity index is 1.72. The molecule has 0 saturated carbocycles. The topological polar surface area (TPSA) is 72.2 Å². The van der Waals surface area contributed by atoms with Crippen molar-refractivity contribution in [3.05, 3.63) is 48.4 Å². The molecule has 0 spiro atoms. The van der Waals surface area contributed by atoms with Gasteiger partial charge in [-0.15, -0.1) is 0 Å². The average molecular weight is 326 g/mol. The van der Waals surface area contributed by atoms with Gasteiger partial charge in [0.15, 0.2) is 0 Å². The van der Waals surface area contributed by atoms with E-state index in [-0.39, 0.29) is 13.2 Å². The van der Waals surface area contributed by atoms with E-state index in [1.54, 1.807) is 12.3 Å². The molecule has 24 heavy (non-hydrogen) atoms. The molecule has 3 rings (SSSR count). The van der Waals surface area contributed by atoms with E-state index in [2.05, 4.69) is 27.9 Å². The lowest BCUT2D eigenvalue weighted by Gasteiger charge is -2.10. The van der Waals surface area contributed by atoms with E-state index in [0.717, 1.165) is 30.0 Å². The molecule has 0 atom stereocenters. The maximum Gasteiger partial charge on any atom is 0.213 e. The Labute approximate surface area is 141 Å². The SMILES string of the molecule is CCCn1c(CNc2ccc(OCCO)nc2)nc2ccccc21. The molecule has 2 heterocycles. The van der Waals surface area contributed by atoms with Crippen molar-refractivity contribution in [1.29, 1.82) is 0 Å². The zero-order valence-corrected chi connectivity index (χ0v) is 13.8. The molecule has 0 unspecified atom stereocenters. The van der Waals surface area contributed by atoms with Crippen molar-refractivity contribution in [3.8, 4) is 5.88 Å². The Morgan fingerprint density at radius 3 is 2.83 bits per heavy atom. The number of benzene rings is 1. The quantitative estimate of drug-likeness (QED) is 0.666. The standard InChI is InChI=1S/C18H22N4O2/c1-2-9-22-16-6-4-3-5-15(16)21-17(22)13-19-14-7-8-18(20-12-14)24-11-10-23/h3-8,12,19,23H,2,9-11,13H2,1H3. The van der Waals surface area contributed by atoms with Crippen molar-refractivity contribution >= 4 is 16.7 Å². The summed E-state index contributed by atoms with van der Waals surface area (Å²) in [5.41, 5.74) is 3.09. The van der Waals surface area contributed by atoms with E-state index in [9.17, 15) is 0 Å². The van der Waals surface area contributed by atoms with Gasteiger partial charge >= 0.3 is 0 Å². The van der Waals surface area contributed by atoms with Crippen molar-refractivity contribution in [2.24, 2.45) is 0 Å². The number of imidazole rings is 1. The summed E-state index contributed by atoms with van der Waals surface area (Å²) in [5.74, 6) is 1.52. The van der Waals surface area contributed by atoms with Crippen LogP contribution in [0.1, 0.15) is 19.2 Å². The van der Waals surface area contributed by atoms with Gasteiger partial charge in [-0.2, -0.15) is 0 Å². The molecule has 2 N–H and O–H groups in total. The van der Waals surface area contributed by atoms with Crippen LogP contribution in [0.3, 0.4) is 0 Å². The van der Waals surface area contributed by atoms with Crippen LogP contribution in [-0.2, 0) is 13.1 Å². The van der Waals surface area contributed by atoms with Crippen LogP contribution in [0.15, 0.2) is 42.6 Å². The first kappa shape index (κ1) is 16.3. The highest BCUT2D eigenvalue weighted by Gasteiger charge is 2.09. The van der Waals surface area contributed by atoms with Crippen LogP contribution in [0.25, 0.3) is 11.0 Å². The summed E-state index contributed by atoms with van der Waals surface area (Å²) in [6, 6.07) is 11.9. The number of fused-ring (bicyclic) bond motifs is 1. The molecule has 3 aromatic rings. The molecule has 0 aliphatic carbocycles. The number of rotatable bonds is 8. The van der Waals surface area contributed by atoms with Crippen LogP contribution >= 0.6 is 0 Å². The second-order valence-electron chi connectivity index (χ2n) is 5.48. The van der Waals surface area contributed by atoms with E-state index < -0.39 is 0 Å². The second-order valence-corrected chi connectivity index (χ2v) is 5.48. The molecule has 0 radical (unpaired) electrons. The normalized spacial score (nSPS) is 10.9. The largest absolute Gasteiger partial charge is 0.475 e. The zero-order valence-electron chi connectivity index (χ0n) is 13.8. The predicted molar refractivity (Wildman–Crippen MR) is 94.2 cm³/mol. The van der Waals surface area contributed by atoms with Gasteiger partial charge in [0, 0.05) is 12.6 Å². The lowest BCUT2D eigenvalue weighted by Crippen LogP contribution is -2.09. The van der Waals surface area contributed by atoms with Crippen LogP contribution in [0.2, 0.25) is 0 Å². The number of para-hydroxylation sites is 2. The fourth-order valence-corrected chi connectivity index (χ4v) is 2.64. The molecule has 0 fully saturated rings. The van der Waals surface area contributed by atoms with Crippen molar-refractivity contribution in [2.45, 2.75) is 26.4 Å². The number of hydrogen-bond donors (Lipinski definition) is 2. The number of nitrogens with zero attached hydrogens (tertiary/aromatic N) is 3. The number of pyridine rings is 1. The number of aryl methyl sites for hydroxylation is 1. The van der Waals surface area contributed by atoms with E-state index in [1.165, 1.54) is 5.52 Å². The van der Waals surface area contributed by atoms with Gasteiger partial charge in [-0.05, 0) is 24.6 Å². The van der Waals surface area contributed by atoms with Crippen LogP contribution in [0, 0.1) is 0 Å². The van der Waals surface area contributed by atoms with Gasteiger partial charge in [0.05, 0.1) is 36.1 Å². The van der Waals surface area contributed by atoms with E-state index >= 15 is 0 Å².